The summed E-state index contributed by atoms with van der Waals surface area (Å²) in [6.07, 6.45) is 7.60. The van der Waals surface area contributed by atoms with E-state index in [1.54, 1.807) is 17.8 Å². The first-order valence-electron chi connectivity index (χ1n) is 11.0. The monoisotopic (exact) mass is 448 g/mol. The van der Waals surface area contributed by atoms with E-state index in [1.807, 2.05) is 24.3 Å². The number of benzene rings is 2. The van der Waals surface area contributed by atoms with E-state index in [0.29, 0.717) is 6.04 Å². The average Bonchev–Trinajstić information content (AvgIpc) is 2.76. The lowest BCUT2D eigenvalue weighted by atomic mass is 9.87. The van der Waals surface area contributed by atoms with E-state index in [1.165, 1.54) is 25.7 Å². The Morgan fingerprint density at radius 3 is 2.77 bits per heavy atom. The van der Waals surface area contributed by atoms with Gasteiger partial charge in [-0.1, -0.05) is 56.0 Å². The second kappa shape index (κ2) is 11.8. The van der Waals surface area contributed by atoms with Crippen molar-refractivity contribution in [2.24, 2.45) is 0 Å². The quantitative estimate of drug-likeness (QED) is 0.176. The molecular weight excluding hydrogens is 416 g/mol. The number of thioether (sulfide) groups is 1. The van der Waals surface area contributed by atoms with Crippen molar-refractivity contribution in [2.75, 3.05) is 18.8 Å². The molecule has 1 unspecified atom stereocenters. The first-order chi connectivity index (χ1) is 14.6. The zero-order valence-electron chi connectivity index (χ0n) is 17.7. The third kappa shape index (κ3) is 6.30. The van der Waals surface area contributed by atoms with Crippen LogP contribution in [-0.2, 0) is 12.8 Å². The van der Waals surface area contributed by atoms with Gasteiger partial charge in [-0.3, -0.25) is 5.43 Å². The van der Waals surface area contributed by atoms with Gasteiger partial charge >= 0.3 is 0 Å². The van der Waals surface area contributed by atoms with Gasteiger partial charge in [0, 0.05) is 35.3 Å². The van der Waals surface area contributed by atoms with Gasteiger partial charge in [0.25, 0.3) is 0 Å². The molecular formula is C24H33ClN2O2S. The molecule has 1 aliphatic rings. The summed E-state index contributed by atoms with van der Waals surface area (Å²) in [5.41, 5.74) is 5.72. The molecule has 6 heteroatoms. The lowest BCUT2D eigenvalue weighted by molar-refractivity contribution is 0.112. The topological polar surface area (TPSA) is 55.7 Å². The number of hydrazine groups is 1. The predicted molar refractivity (Wildman–Crippen MR) is 127 cm³/mol. The number of aromatic hydroxyl groups is 2. The summed E-state index contributed by atoms with van der Waals surface area (Å²) in [6, 6.07) is 11.9. The van der Waals surface area contributed by atoms with Crippen LogP contribution >= 0.6 is 23.4 Å². The molecule has 0 spiro atoms. The minimum absolute atomic E-state index is 0.0154. The van der Waals surface area contributed by atoms with E-state index in [0.717, 1.165) is 59.1 Å². The fraction of sp³-hybridized carbons (Fsp3) is 0.500. The van der Waals surface area contributed by atoms with Gasteiger partial charge in [-0.15, -0.1) is 11.8 Å². The maximum atomic E-state index is 10.2. The zero-order chi connectivity index (χ0) is 21.3. The van der Waals surface area contributed by atoms with Gasteiger partial charge in [0.15, 0.2) is 11.5 Å². The maximum Gasteiger partial charge on any atom is 0.160 e. The number of unbranched alkanes of at least 4 members (excludes halogenated alkanes) is 3. The van der Waals surface area contributed by atoms with Crippen molar-refractivity contribution in [1.29, 1.82) is 0 Å². The molecule has 0 aromatic heterocycles. The van der Waals surface area contributed by atoms with Gasteiger partial charge in [0.05, 0.1) is 5.02 Å². The van der Waals surface area contributed by atoms with Crippen LogP contribution in [0.25, 0.3) is 0 Å². The predicted octanol–water partition coefficient (Wildman–Crippen LogP) is 5.79. The second-order valence-electron chi connectivity index (χ2n) is 7.91. The molecule has 0 aliphatic heterocycles. The molecule has 0 saturated heterocycles. The highest BCUT2D eigenvalue weighted by atomic mass is 35.5. The number of phenolic OH excluding ortho intramolecular Hbond substituents is 2. The minimum atomic E-state index is -0.0154. The molecule has 3 rings (SSSR count). The molecule has 0 fully saturated rings. The second-order valence-corrected chi connectivity index (χ2v) is 9.45. The Morgan fingerprint density at radius 2 is 1.97 bits per heavy atom. The molecule has 0 radical (unpaired) electrons. The van der Waals surface area contributed by atoms with Crippen LogP contribution in [0.5, 0.6) is 11.5 Å². The van der Waals surface area contributed by atoms with Crippen LogP contribution in [0.3, 0.4) is 0 Å². The Labute approximate surface area is 189 Å². The first kappa shape index (κ1) is 23.3. The number of nitrogens with one attached hydrogen (secondary N) is 1. The molecule has 0 heterocycles. The Balaban J connectivity index is 1.57. The summed E-state index contributed by atoms with van der Waals surface area (Å²) in [6.45, 7) is 4.15. The van der Waals surface area contributed by atoms with E-state index in [2.05, 4.69) is 23.4 Å². The lowest BCUT2D eigenvalue weighted by Gasteiger charge is -2.36. The fourth-order valence-electron chi connectivity index (χ4n) is 4.08. The van der Waals surface area contributed by atoms with Crippen molar-refractivity contribution in [3.05, 3.63) is 52.5 Å². The smallest absolute Gasteiger partial charge is 0.160 e. The Kier molecular flexibility index (Phi) is 9.19. The van der Waals surface area contributed by atoms with E-state index in [9.17, 15) is 10.2 Å². The van der Waals surface area contributed by atoms with Crippen molar-refractivity contribution in [2.45, 2.75) is 62.8 Å². The van der Waals surface area contributed by atoms with Crippen LogP contribution in [0.2, 0.25) is 5.02 Å². The summed E-state index contributed by atoms with van der Waals surface area (Å²) in [5, 5.41) is 23.2. The summed E-state index contributed by atoms with van der Waals surface area (Å²) in [4.78, 5) is 1.12. The summed E-state index contributed by atoms with van der Waals surface area (Å²) < 4.78 is 0. The summed E-state index contributed by atoms with van der Waals surface area (Å²) in [7, 11) is 0. The SMILES string of the molecule is CCCCCCN(NCCSc1ccccc1Cl)C1CCc2c(ccc(O)c2O)C1. The number of hydrogen-bond acceptors (Lipinski definition) is 5. The largest absolute Gasteiger partial charge is 0.504 e. The van der Waals surface area contributed by atoms with E-state index >= 15 is 0 Å². The van der Waals surface area contributed by atoms with Crippen LogP contribution in [0.4, 0.5) is 0 Å². The molecule has 164 valence electrons. The highest BCUT2D eigenvalue weighted by molar-refractivity contribution is 7.99. The van der Waals surface area contributed by atoms with E-state index < -0.39 is 0 Å². The molecule has 0 bridgehead atoms. The molecule has 1 aliphatic carbocycles. The third-order valence-electron chi connectivity index (χ3n) is 5.75. The number of rotatable bonds is 11. The number of hydrogen-bond donors (Lipinski definition) is 3. The zero-order valence-corrected chi connectivity index (χ0v) is 19.3. The van der Waals surface area contributed by atoms with Crippen molar-refractivity contribution in [3.63, 3.8) is 0 Å². The normalized spacial score (nSPS) is 16.0. The van der Waals surface area contributed by atoms with Crippen molar-refractivity contribution >= 4 is 23.4 Å². The van der Waals surface area contributed by atoms with Gasteiger partial charge < -0.3 is 10.2 Å². The number of halogens is 1. The highest BCUT2D eigenvalue weighted by Crippen LogP contribution is 2.36. The molecule has 3 N–H and O–H groups in total. The van der Waals surface area contributed by atoms with Crippen LogP contribution in [0.1, 0.15) is 50.2 Å². The van der Waals surface area contributed by atoms with Gasteiger partial charge in [-0.25, -0.2) is 5.01 Å². The number of nitrogens with zero attached hydrogens (tertiary/aromatic N) is 1. The van der Waals surface area contributed by atoms with Crippen molar-refractivity contribution in [3.8, 4) is 11.5 Å². The maximum absolute atomic E-state index is 10.2. The van der Waals surface area contributed by atoms with Crippen LogP contribution in [0.15, 0.2) is 41.3 Å². The number of fused-ring (bicyclic) bond motifs is 1. The molecule has 0 saturated carbocycles. The lowest BCUT2D eigenvalue weighted by Crippen LogP contribution is -2.49. The Bertz CT molecular complexity index is 818. The third-order valence-corrected chi connectivity index (χ3v) is 7.26. The standard InChI is InChI=1S/C24H33ClN2O2S/c1-2-3-4-7-15-27(26-14-16-30-23-9-6-5-8-21(23)25)19-11-12-20-18(17-19)10-13-22(28)24(20)29/h5-6,8-10,13,19,26,28-29H,2-4,7,11-12,14-17H2,1H3. The van der Waals surface area contributed by atoms with Gasteiger partial charge in [0.1, 0.15) is 0 Å². The summed E-state index contributed by atoms with van der Waals surface area (Å²) >= 11 is 8.05. The first-order valence-corrected chi connectivity index (χ1v) is 12.4. The molecule has 0 amide bonds. The molecule has 2 aromatic carbocycles. The fourth-order valence-corrected chi connectivity index (χ4v) is 5.17. The molecule has 1 atom stereocenters. The van der Waals surface area contributed by atoms with E-state index in [-0.39, 0.29) is 11.5 Å². The molecule has 2 aromatic rings. The molecule has 30 heavy (non-hydrogen) atoms. The van der Waals surface area contributed by atoms with Gasteiger partial charge in [0.2, 0.25) is 0 Å². The van der Waals surface area contributed by atoms with Crippen molar-refractivity contribution < 1.29 is 10.2 Å². The summed E-state index contributed by atoms with van der Waals surface area (Å²) in [5.74, 6) is 0.996. The van der Waals surface area contributed by atoms with Crippen LogP contribution in [0, 0.1) is 0 Å². The number of phenols is 2. The Morgan fingerprint density at radius 1 is 1.13 bits per heavy atom. The average molecular weight is 449 g/mol. The van der Waals surface area contributed by atoms with Crippen molar-refractivity contribution in [1.82, 2.24) is 10.4 Å². The van der Waals surface area contributed by atoms with E-state index in [4.69, 9.17) is 11.6 Å². The highest BCUT2D eigenvalue weighted by Gasteiger charge is 2.26. The minimum Gasteiger partial charge on any atom is -0.504 e. The Hall–Kier alpha value is -1.40. The van der Waals surface area contributed by atoms with Crippen LogP contribution < -0.4 is 5.43 Å². The molecule has 4 nitrogen and oxygen atoms in total. The van der Waals surface area contributed by atoms with Gasteiger partial charge in [-0.2, -0.15) is 0 Å². The van der Waals surface area contributed by atoms with Crippen LogP contribution in [-0.4, -0.2) is 40.1 Å². The van der Waals surface area contributed by atoms with Gasteiger partial charge in [-0.05, 0) is 49.4 Å².